The number of halogens is 1. The normalized spacial score (nSPS) is 11.4. The van der Waals surface area contributed by atoms with E-state index in [4.69, 9.17) is 0 Å². The van der Waals surface area contributed by atoms with E-state index in [2.05, 4.69) is 78.0 Å². The van der Waals surface area contributed by atoms with Crippen molar-refractivity contribution in [3.8, 4) is 0 Å². The van der Waals surface area contributed by atoms with E-state index in [1.165, 1.54) is 9.13 Å². The lowest BCUT2D eigenvalue weighted by Gasteiger charge is -2.20. The lowest BCUT2D eigenvalue weighted by atomic mass is 10.2. The topological polar surface area (TPSA) is 15.3 Å². The van der Waals surface area contributed by atoms with Crippen LogP contribution in [0, 0.1) is 3.57 Å². The fraction of sp³-hybridized carbons (Fsp3) is 0.538. The third-order valence-electron chi connectivity index (χ3n) is 2.77. The molecule has 0 amide bonds. The van der Waals surface area contributed by atoms with E-state index < -0.39 is 0 Å². The van der Waals surface area contributed by atoms with Gasteiger partial charge in [0.05, 0.1) is 0 Å². The first-order valence-corrected chi connectivity index (χ1v) is 6.83. The van der Waals surface area contributed by atoms with Crippen LogP contribution in [0.1, 0.15) is 19.4 Å². The number of nitrogens with one attached hydrogen (secondary N) is 1. The van der Waals surface area contributed by atoms with Gasteiger partial charge in [-0.25, -0.2) is 0 Å². The molecular formula is C13H21IN2. The van der Waals surface area contributed by atoms with Crippen LogP contribution in [0.5, 0.6) is 0 Å². The van der Waals surface area contributed by atoms with Crippen LogP contribution in [0.4, 0.5) is 0 Å². The molecule has 3 heteroatoms. The minimum Gasteiger partial charge on any atom is -0.311 e. The molecule has 0 spiro atoms. The maximum atomic E-state index is 3.46. The molecule has 1 rings (SSSR count). The molecule has 0 aliphatic rings. The first kappa shape index (κ1) is 13.9. The molecule has 1 N–H and O–H groups in total. The van der Waals surface area contributed by atoms with E-state index in [1.54, 1.807) is 0 Å². The molecule has 0 radical (unpaired) electrons. The van der Waals surface area contributed by atoms with Gasteiger partial charge < -0.3 is 10.2 Å². The van der Waals surface area contributed by atoms with Gasteiger partial charge in [-0.15, -0.1) is 0 Å². The zero-order chi connectivity index (χ0) is 12.0. The Labute approximate surface area is 113 Å². The maximum Gasteiger partial charge on any atom is 0.0206 e. The summed E-state index contributed by atoms with van der Waals surface area (Å²) in [5.74, 6) is 0. The van der Waals surface area contributed by atoms with Crippen molar-refractivity contribution >= 4 is 22.6 Å². The van der Waals surface area contributed by atoms with Gasteiger partial charge in [0.25, 0.3) is 0 Å². The predicted octanol–water partition coefficient (Wildman–Crippen LogP) is 2.72. The fourth-order valence-corrected chi connectivity index (χ4v) is 1.71. The van der Waals surface area contributed by atoms with E-state index in [9.17, 15) is 0 Å². The number of hydrogen-bond donors (Lipinski definition) is 1. The molecule has 0 atom stereocenters. The summed E-state index contributed by atoms with van der Waals surface area (Å²) < 4.78 is 1.29. The molecule has 16 heavy (non-hydrogen) atoms. The number of rotatable bonds is 6. The van der Waals surface area contributed by atoms with Gasteiger partial charge in [-0.2, -0.15) is 0 Å². The molecule has 2 nitrogen and oxygen atoms in total. The fourth-order valence-electron chi connectivity index (χ4n) is 1.35. The second-order valence-corrected chi connectivity index (χ2v) is 5.62. The summed E-state index contributed by atoms with van der Waals surface area (Å²) in [6, 6.07) is 9.29. The van der Waals surface area contributed by atoms with Gasteiger partial charge in [0.1, 0.15) is 0 Å². The van der Waals surface area contributed by atoms with Gasteiger partial charge in [-0.05, 0) is 61.2 Å². The van der Waals surface area contributed by atoms with Crippen LogP contribution in [0.25, 0.3) is 0 Å². The molecule has 1 aromatic carbocycles. The van der Waals surface area contributed by atoms with Gasteiger partial charge in [0.15, 0.2) is 0 Å². The van der Waals surface area contributed by atoms with Crippen molar-refractivity contribution in [1.29, 1.82) is 0 Å². The van der Waals surface area contributed by atoms with Gasteiger partial charge in [0, 0.05) is 29.2 Å². The SMILES string of the molecule is CC(C)N(C)CCNCc1ccc(I)cc1. The van der Waals surface area contributed by atoms with Gasteiger partial charge >= 0.3 is 0 Å². The molecule has 0 aliphatic heterocycles. The van der Waals surface area contributed by atoms with E-state index >= 15 is 0 Å². The van der Waals surface area contributed by atoms with Crippen molar-refractivity contribution in [2.75, 3.05) is 20.1 Å². The van der Waals surface area contributed by atoms with Crippen LogP contribution >= 0.6 is 22.6 Å². The van der Waals surface area contributed by atoms with Crippen molar-refractivity contribution in [1.82, 2.24) is 10.2 Å². The highest BCUT2D eigenvalue weighted by molar-refractivity contribution is 14.1. The molecule has 0 aromatic heterocycles. The molecule has 0 unspecified atom stereocenters. The first-order valence-electron chi connectivity index (χ1n) is 5.75. The van der Waals surface area contributed by atoms with Gasteiger partial charge in [0.2, 0.25) is 0 Å². The van der Waals surface area contributed by atoms with Gasteiger partial charge in [-0.1, -0.05) is 12.1 Å². The van der Waals surface area contributed by atoms with Crippen molar-refractivity contribution < 1.29 is 0 Å². The quantitative estimate of drug-likeness (QED) is 0.637. The standard InChI is InChI=1S/C13H21IN2/c1-11(2)16(3)9-8-15-10-12-4-6-13(14)7-5-12/h4-7,11,15H,8-10H2,1-3H3. The zero-order valence-electron chi connectivity index (χ0n) is 10.3. The third kappa shape index (κ3) is 5.27. The summed E-state index contributed by atoms with van der Waals surface area (Å²) in [6.45, 7) is 7.55. The monoisotopic (exact) mass is 332 g/mol. The van der Waals surface area contributed by atoms with E-state index in [1.807, 2.05) is 0 Å². The minimum atomic E-state index is 0.625. The second-order valence-electron chi connectivity index (χ2n) is 4.38. The van der Waals surface area contributed by atoms with Crippen LogP contribution in [-0.4, -0.2) is 31.1 Å². The van der Waals surface area contributed by atoms with E-state index in [0.717, 1.165) is 19.6 Å². The summed E-state index contributed by atoms with van der Waals surface area (Å²) >= 11 is 2.33. The number of nitrogens with zero attached hydrogens (tertiary/aromatic N) is 1. The smallest absolute Gasteiger partial charge is 0.0206 e. The summed E-state index contributed by atoms with van der Waals surface area (Å²) in [6.07, 6.45) is 0. The number of benzene rings is 1. The molecule has 0 saturated carbocycles. The predicted molar refractivity (Wildman–Crippen MR) is 78.6 cm³/mol. The highest BCUT2D eigenvalue weighted by atomic mass is 127. The molecule has 0 bridgehead atoms. The van der Waals surface area contributed by atoms with Crippen molar-refractivity contribution in [3.63, 3.8) is 0 Å². The summed E-state index contributed by atoms with van der Waals surface area (Å²) in [5.41, 5.74) is 1.35. The van der Waals surface area contributed by atoms with E-state index in [0.29, 0.717) is 6.04 Å². The average Bonchev–Trinajstić information content (AvgIpc) is 2.26. The Hall–Kier alpha value is -0.130. The molecule has 0 heterocycles. The van der Waals surface area contributed by atoms with Crippen LogP contribution in [0.15, 0.2) is 24.3 Å². The molecule has 0 saturated heterocycles. The Morgan fingerprint density at radius 3 is 2.44 bits per heavy atom. The van der Waals surface area contributed by atoms with Crippen molar-refractivity contribution in [2.45, 2.75) is 26.4 Å². The number of hydrogen-bond acceptors (Lipinski definition) is 2. The van der Waals surface area contributed by atoms with Crippen LogP contribution in [0.3, 0.4) is 0 Å². The largest absolute Gasteiger partial charge is 0.311 e. The molecule has 0 aliphatic carbocycles. The Kier molecular flexibility index (Phi) is 6.31. The third-order valence-corrected chi connectivity index (χ3v) is 3.48. The Bertz CT molecular complexity index is 295. The minimum absolute atomic E-state index is 0.625. The van der Waals surface area contributed by atoms with Crippen molar-refractivity contribution in [3.05, 3.63) is 33.4 Å². The van der Waals surface area contributed by atoms with Crippen LogP contribution in [0.2, 0.25) is 0 Å². The number of likely N-dealkylation sites (N-methyl/N-ethyl adjacent to an activating group) is 1. The highest BCUT2D eigenvalue weighted by Crippen LogP contribution is 2.06. The zero-order valence-corrected chi connectivity index (χ0v) is 12.5. The van der Waals surface area contributed by atoms with Crippen molar-refractivity contribution in [2.24, 2.45) is 0 Å². The lowest BCUT2D eigenvalue weighted by Crippen LogP contribution is -2.33. The summed E-state index contributed by atoms with van der Waals surface area (Å²) in [5, 5.41) is 3.46. The molecule has 90 valence electrons. The lowest BCUT2D eigenvalue weighted by molar-refractivity contribution is 0.273. The second kappa shape index (κ2) is 7.25. The maximum absolute atomic E-state index is 3.46. The van der Waals surface area contributed by atoms with Gasteiger partial charge in [-0.3, -0.25) is 0 Å². The average molecular weight is 332 g/mol. The molecule has 1 aromatic rings. The molecular weight excluding hydrogens is 311 g/mol. The first-order chi connectivity index (χ1) is 7.59. The summed E-state index contributed by atoms with van der Waals surface area (Å²) in [4.78, 5) is 2.35. The van der Waals surface area contributed by atoms with Crippen LogP contribution in [-0.2, 0) is 6.54 Å². The molecule has 0 fully saturated rings. The summed E-state index contributed by atoms with van der Waals surface area (Å²) in [7, 11) is 2.16. The Balaban J connectivity index is 2.18. The van der Waals surface area contributed by atoms with Crippen LogP contribution < -0.4 is 5.32 Å². The Morgan fingerprint density at radius 2 is 1.88 bits per heavy atom. The highest BCUT2D eigenvalue weighted by Gasteiger charge is 2.01. The van der Waals surface area contributed by atoms with E-state index in [-0.39, 0.29) is 0 Å². The Morgan fingerprint density at radius 1 is 1.25 bits per heavy atom.